The van der Waals surface area contributed by atoms with Crippen LogP contribution in [0.25, 0.3) is 10.8 Å². The molecular weight excluding hydrogens is 450 g/mol. The summed E-state index contributed by atoms with van der Waals surface area (Å²) in [7, 11) is 0. The Labute approximate surface area is 204 Å². The molecule has 4 rings (SSSR count). The lowest BCUT2D eigenvalue weighted by molar-refractivity contribution is -0.148. The van der Waals surface area contributed by atoms with E-state index in [-0.39, 0.29) is 18.2 Å². The van der Waals surface area contributed by atoms with Gasteiger partial charge >= 0.3 is 0 Å². The van der Waals surface area contributed by atoms with Gasteiger partial charge in [0.05, 0.1) is 0 Å². The topological polar surface area (TPSA) is 92.5 Å². The maximum atomic E-state index is 14.2. The van der Waals surface area contributed by atoms with Crippen molar-refractivity contribution >= 4 is 40.0 Å². The van der Waals surface area contributed by atoms with Crippen molar-refractivity contribution in [3.63, 3.8) is 0 Å². The fourth-order valence-electron chi connectivity index (χ4n) is 4.88. The third-order valence-corrected chi connectivity index (χ3v) is 6.87. The molecule has 1 saturated heterocycles. The number of nitrogens with two attached hydrogens (primary N) is 1. The van der Waals surface area contributed by atoms with Gasteiger partial charge in [-0.05, 0) is 54.3 Å². The minimum atomic E-state index is -1.66. The molecule has 1 fully saturated rings. The highest BCUT2D eigenvalue weighted by Crippen LogP contribution is 2.32. The van der Waals surface area contributed by atoms with Crippen LogP contribution >= 0.6 is 11.6 Å². The number of amides is 2. The van der Waals surface area contributed by atoms with E-state index in [1.165, 1.54) is 11.8 Å². The summed E-state index contributed by atoms with van der Waals surface area (Å²) >= 11 is 6.23. The summed E-state index contributed by atoms with van der Waals surface area (Å²) in [4.78, 5) is 41.5. The van der Waals surface area contributed by atoms with Crippen molar-refractivity contribution in [2.24, 2.45) is 5.73 Å². The molecule has 6 nitrogen and oxygen atoms in total. The second-order valence-corrected chi connectivity index (χ2v) is 9.35. The summed E-state index contributed by atoms with van der Waals surface area (Å²) in [5.74, 6) is -1.47. The molecule has 0 saturated carbocycles. The first-order valence-corrected chi connectivity index (χ1v) is 11.7. The highest BCUT2D eigenvalue weighted by molar-refractivity contribution is 6.30. The van der Waals surface area contributed by atoms with Crippen LogP contribution in [-0.2, 0) is 26.3 Å². The number of nitrogens with zero attached hydrogens (tertiary/aromatic N) is 1. The smallest absolute Gasteiger partial charge is 0.255 e. The number of fused-ring (bicyclic) bond motifs is 1. The zero-order valence-electron chi connectivity index (χ0n) is 19.3. The second kappa shape index (κ2) is 9.57. The molecule has 3 N–H and O–H groups in total. The molecule has 0 radical (unpaired) electrons. The van der Waals surface area contributed by atoms with Crippen molar-refractivity contribution in [1.29, 1.82) is 0 Å². The van der Waals surface area contributed by atoms with E-state index in [0.29, 0.717) is 23.6 Å². The van der Waals surface area contributed by atoms with Crippen molar-refractivity contribution < 1.29 is 14.4 Å². The van der Waals surface area contributed by atoms with E-state index < -0.39 is 23.4 Å². The zero-order valence-corrected chi connectivity index (χ0v) is 20.0. The quantitative estimate of drug-likeness (QED) is 0.531. The van der Waals surface area contributed by atoms with Gasteiger partial charge in [0.2, 0.25) is 5.91 Å². The Balaban J connectivity index is 1.81. The monoisotopic (exact) mass is 477 g/mol. The van der Waals surface area contributed by atoms with Gasteiger partial charge in [0, 0.05) is 24.0 Å². The van der Waals surface area contributed by atoms with Gasteiger partial charge in [0.15, 0.2) is 11.3 Å². The standard InChI is InChI=1S/C27H28ClN3O3/c1-17-13-14-31(26(34)27(30-17,18(2)32)21-10-6-11-22(28)16-21)24(25(29)33)15-20-9-5-8-19-7-3-4-12-23(19)20/h3-12,16-17,24,30H,13-15H2,1-2H3,(H2,29,33)/t17-,24?,27-/m1/s1. The molecule has 34 heavy (non-hydrogen) atoms. The van der Waals surface area contributed by atoms with E-state index in [0.717, 1.165) is 16.3 Å². The molecule has 0 bridgehead atoms. The Bertz CT molecular complexity index is 1260. The molecule has 0 aromatic heterocycles. The molecule has 176 valence electrons. The predicted molar refractivity (Wildman–Crippen MR) is 133 cm³/mol. The summed E-state index contributed by atoms with van der Waals surface area (Å²) in [6, 6.07) is 19.4. The fraction of sp³-hybridized carbons (Fsp3) is 0.296. The highest BCUT2D eigenvalue weighted by atomic mass is 35.5. The van der Waals surface area contributed by atoms with Gasteiger partial charge in [-0.3, -0.25) is 19.7 Å². The minimum absolute atomic E-state index is 0.164. The summed E-state index contributed by atoms with van der Waals surface area (Å²) in [5, 5.41) is 5.70. The number of primary amides is 1. The molecule has 0 spiro atoms. The number of ketones is 1. The van der Waals surface area contributed by atoms with Gasteiger partial charge in [0.1, 0.15) is 6.04 Å². The van der Waals surface area contributed by atoms with Gasteiger partial charge in [0.25, 0.3) is 5.91 Å². The number of hydrogen-bond donors (Lipinski definition) is 2. The van der Waals surface area contributed by atoms with Crippen LogP contribution in [-0.4, -0.2) is 41.1 Å². The first kappa shape index (κ1) is 23.9. The van der Waals surface area contributed by atoms with Gasteiger partial charge in [-0.1, -0.05) is 66.2 Å². The van der Waals surface area contributed by atoms with E-state index in [9.17, 15) is 14.4 Å². The molecule has 7 heteroatoms. The number of rotatable bonds is 6. The van der Waals surface area contributed by atoms with Crippen molar-refractivity contribution in [2.75, 3.05) is 6.54 Å². The molecule has 1 heterocycles. The number of carbonyl (C=O) groups is 3. The van der Waals surface area contributed by atoms with Crippen molar-refractivity contribution in [2.45, 2.75) is 44.3 Å². The van der Waals surface area contributed by atoms with Gasteiger partial charge in [-0.2, -0.15) is 0 Å². The van der Waals surface area contributed by atoms with Crippen LogP contribution in [0.15, 0.2) is 66.7 Å². The molecule has 1 aliphatic rings. The number of benzene rings is 3. The van der Waals surface area contributed by atoms with Crippen LogP contribution < -0.4 is 11.1 Å². The summed E-state index contributed by atoms with van der Waals surface area (Å²) in [6.07, 6.45) is 0.807. The third kappa shape index (κ3) is 4.31. The molecule has 3 aromatic rings. The average Bonchev–Trinajstić information content (AvgIpc) is 2.94. The van der Waals surface area contributed by atoms with Crippen LogP contribution in [0, 0.1) is 0 Å². The maximum Gasteiger partial charge on any atom is 0.255 e. The first-order chi connectivity index (χ1) is 16.2. The normalized spacial score (nSPS) is 21.8. The molecule has 2 amide bonds. The predicted octanol–water partition coefficient (Wildman–Crippen LogP) is 3.58. The SMILES string of the molecule is CC(=O)[C@]1(c2cccc(Cl)c2)N[C@H](C)CCN(C(Cc2cccc3ccccc23)C(N)=O)C1=O. The third-order valence-electron chi connectivity index (χ3n) is 6.63. The number of Topliss-reactive ketones (excluding diaryl/α,β-unsaturated/α-hetero) is 1. The fourth-order valence-corrected chi connectivity index (χ4v) is 5.07. The second-order valence-electron chi connectivity index (χ2n) is 8.91. The maximum absolute atomic E-state index is 14.2. The van der Waals surface area contributed by atoms with E-state index in [2.05, 4.69) is 5.32 Å². The van der Waals surface area contributed by atoms with Crippen LogP contribution in [0.1, 0.15) is 31.4 Å². The molecular formula is C27H28ClN3O3. The van der Waals surface area contributed by atoms with Crippen LogP contribution in [0.5, 0.6) is 0 Å². The Morgan fingerprint density at radius 3 is 2.56 bits per heavy atom. The van der Waals surface area contributed by atoms with Crippen LogP contribution in [0.2, 0.25) is 5.02 Å². The Morgan fingerprint density at radius 1 is 1.15 bits per heavy atom. The van der Waals surface area contributed by atoms with E-state index >= 15 is 0 Å². The van der Waals surface area contributed by atoms with Crippen molar-refractivity contribution in [1.82, 2.24) is 10.2 Å². The minimum Gasteiger partial charge on any atom is -0.368 e. The summed E-state index contributed by atoms with van der Waals surface area (Å²) in [6.45, 7) is 3.59. The Kier molecular flexibility index (Phi) is 6.73. The first-order valence-electron chi connectivity index (χ1n) is 11.4. The van der Waals surface area contributed by atoms with Gasteiger partial charge < -0.3 is 10.6 Å². The lowest BCUT2D eigenvalue weighted by Crippen LogP contribution is -2.62. The number of carbonyl (C=O) groups excluding carboxylic acids is 3. The Morgan fingerprint density at radius 2 is 1.85 bits per heavy atom. The lowest BCUT2D eigenvalue weighted by Gasteiger charge is -2.37. The molecule has 1 unspecified atom stereocenters. The van der Waals surface area contributed by atoms with Crippen molar-refractivity contribution in [3.05, 3.63) is 82.9 Å². The molecule has 3 aromatic carbocycles. The van der Waals surface area contributed by atoms with Crippen LogP contribution in [0.4, 0.5) is 0 Å². The Hall–Kier alpha value is -3.22. The largest absolute Gasteiger partial charge is 0.368 e. The number of hydrogen-bond acceptors (Lipinski definition) is 4. The van der Waals surface area contributed by atoms with Gasteiger partial charge in [-0.15, -0.1) is 0 Å². The molecule has 3 atom stereocenters. The van der Waals surface area contributed by atoms with E-state index in [4.69, 9.17) is 17.3 Å². The number of nitrogens with one attached hydrogen (secondary N) is 1. The summed E-state index contributed by atoms with van der Waals surface area (Å²) in [5.41, 5.74) is 5.58. The van der Waals surface area contributed by atoms with Crippen molar-refractivity contribution in [3.8, 4) is 0 Å². The van der Waals surface area contributed by atoms with E-state index in [1.807, 2.05) is 49.4 Å². The lowest BCUT2D eigenvalue weighted by atomic mass is 9.83. The van der Waals surface area contributed by atoms with Crippen LogP contribution in [0.3, 0.4) is 0 Å². The molecule has 0 aliphatic carbocycles. The highest BCUT2D eigenvalue weighted by Gasteiger charge is 2.51. The summed E-state index contributed by atoms with van der Waals surface area (Å²) < 4.78 is 0. The van der Waals surface area contributed by atoms with Gasteiger partial charge in [-0.25, -0.2) is 0 Å². The molecule has 1 aliphatic heterocycles. The average molecular weight is 478 g/mol. The zero-order chi connectivity index (χ0) is 24.5. The van der Waals surface area contributed by atoms with E-state index in [1.54, 1.807) is 24.3 Å². The number of halogens is 1.